The lowest BCUT2D eigenvalue weighted by Gasteiger charge is -2.39. The Morgan fingerprint density at radius 2 is 2.00 bits per heavy atom. The van der Waals surface area contributed by atoms with Crippen LogP contribution in [0.5, 0.6) is 11.5 Å². The van der Waals surface area contributed by atoms with E-state index in [2.05, 4.69) is 18.8 Å². The van der Waals surface area contributed by atoms with Crippen LogP contribution in [0.3, 0.4) is 0 Å². The van der Waals surface area contributed by atoms with Crippen LogP contribution in [0, 0.1) is 5.92 Å². The molecule has 1 aromatic carbocycles. The fourth-order valence-electron chi connectivity index (χ4n) is 3.65. The number of esters is 1. The first-order chi connectivity index (χ1) is 15.9. The molecule has 1 saturated heterocycles. The van der Waals surface area contributed by atoms with Gasteiger partial charge in [0.25, 0.3) is 0 Å². The quantitative estimate of drug-likeness (QED) is 0.373. The Balaban J connectivity index is 1.99. The van der Waals surface area contributed by atoms with E-state index < -0.39 is 12.0 Å². The van der Waals surface area contributed by atoms with Crippen LogP contribution in [-0.4, -0.2) is 61.7 Å². The molecule has 0 unspecified atom stereocenters. The van der Waals surface area contributed by atoms with E-state index in [9.17, 15) is 9.59 Å². The summed E-state index contributed by atoms with van der Waals surface area (Å²) in [6.07, 6.45) is 1.30. The van der Waals surface area contributed by atoms with Gasteiger partial charge in [-0.05, 0) is 37.0 Å². The van der Waals surface area contributed by atoms with Gasteiger partial charge in [-0.15, -0.1) is 0 Å². The molecule has 2 aliphatic rings. The van der Waals surface area contributed by atoms with E-state index in [-0.39, 0.29) is 19.1 Å². The Bertz CT molecular complexity index is 943. The molecule has 0 bridgehead atoms. The standard InChI is InChI=1S/C24H32N2O6S/c1-15(2)8-10-31-18-7-6-17(14-19(18)30-5)22-21(23(28)32-12-11-29-4)16(3)25-24-26(22)20(27)9-13-33-24/h6-7,14-15,22H,8-13H2,1-5H3/t22-/m1/s1. The first-order valence-electron chi connectivity index (χ1n) is 11.1. The highest BCUT2D eigenvalue weighted by molar-refractivity contribution is 8.14. The maximum Gasteiger partial charge on any atom is 0.338 e. The first-order valence-corrected chi connectivity index (χ1v) is 12.1. The minimum absolute atomic E-state index is 0.0802. The summed E-state index contributed by atoms with van der Waals surface area (Å²) in [6.45, 7) is 7.02. The summed E-state index contributed by atoms with van der Waals surface area (Å²) < 4.78 is 21.9. The largest absolute Gasteiger partial charge is 0.493 e. The highest BCUT2D eigenvalue weighted by Crippen LogP contribution is 2.42. The number of methoxy groups -OCH3 is 2. The SMILES string of the molecule is COCCOC(=O)C1=C(C)N=C2SCCC(=O)N2[C@@H]1c1ccc(OCCC(C)C)c(OC)c1. The van der Waals surface area contributed by atoms with Crippen molar-refractivity contribution in [3.05, 3.63) is 35.0 Å². The highest BCUT2D eigenvalue weighted by Gasteiger charge is 2.42. The topological polar surface area (TPSA) is 86.7 Å². The van der Waals surface area contributed by atoms with Gasteiger partial charge in [-0.1, -0.05) is 31.7 Å². The number of benzene rings is 1. The van der Waals surface area contributed by atoms with Crippen LogP contribution in [0.4, 0.5) is 0 Å². The van der Waals surface area contributed by atoms with Crippen LogP contribution < -0.4 is 9.47 Å². The number of fused-ring (bicyclic) bond motifs is 1. The lowest BCUT2D eigenvalue weighted by molar-refractivity contribution is -0.141. The van der Waals surface area contributed by atoms with Gasteiger partial charge in [-0.3, -0.25) is 9.69 Å². The molecule has 9 heteroatoms. The van der Waals surface area contributed by atoms with Crippen molar-refractivity contribution in [1.82, 2.24) is 4.90 Å². The Labute approximate surface area is 199 Å². The normalized spacial score (nSPS) is 18.2. The van der Waals surface area contributed by atoms with Crippen molar-refractivity contribution >= 4 is 28.8 Å². The number of carbonyl (C=O) groups is 2. The van der Waals surface area contributed by atoms with Gasteiger partial charge in [0, 0.05) is 19.3 Å². The van der Waals surface area contributed by atoms with Crippen LogP contribution >= 0.6 is 11.8 Å². The van der Waals surface area contributed by atoms with Gasteiger partial charge < -0.3 is 18.9 Å². The molecule has 3 rings (SSSR count). The third-order valence-corrected chi connectivity index (χ3v) is 6.36. The van der Waals surface area contributed by atoms with Gasteiger partial charge in [0.05, 0.1) is 37.6 Å². The minimum atomic E-state index is -0.661. The molecule has 0 spiro atoms. The molecule has 180 valence electrons. The van der Waals surface area contributed by atoms with Gasteiger partial charge >= 0.3 is 5.97 Å². The van der Waals surface area contributed by atoms with E-state index >= 15 is 0 Å². The molecule has 0 aromatic heterocycles. The van der Waals surface area contributed by atoms with Crippen LogP contribution in [0.25, 0.3) is 0 Å². The van der Waals surface area contributed by atoms with Crippen LogP contribution in [0.15, 0.2) is 34.5 Å². The fourth-order valence-corrected chi connectivity index (χ4v) is 4.65. The lowest BCUT2D eigenvalue weighted by atomic mass is 9.94. The van der Waals surface area contributed by atoms with Crippen LogP contribution in [-0.2, 0) is 19.1 Å². The predicted molar refractivity (Wildman–Crippen MR) is 128 cm³/mol. The number of allylic oxidation sites excluding steroid dienone is 1. The van der Waals surface area contributed by atoms with Crippen molar-refractivity contribution in [3.63, 3.8) is 0 Å². The van der Waals surface area contributed by atoms with Crippen molar-refractivity contribution < 1.29 is 28.5 Å². The summed E-state index contributed by atoms with van der Waals surface area (Å²) in [5, 5.41) is 0.596. The van der Waals surface area contributed by atoms with E-state index in [0.29, 0.717) is 52.6 Å². The number of amides is 1. The number of amidine groups is 1. The molecule has 1 aromatic rings. The van der Waals surface area contributed by atoms with Crippen molar-refractivity contribution in [3.8, 4) is 11.5 Å². The number of rotatable bonds is 10. The molecule has 1 fully saturated rings. The van der Waals surface area contributed by atoms with E-state index in [1.165, 1.54) is 11.8 Å². The van der Waals surface area contributed by atoms with E-state index in [1.807, 2.05) is 18.2 Å². The number of nitrogens with zero attached hydrogens (tertiary/aromatic N) is 2. The third-order valence-electron chi connectivity index (χ3n) is 5.40. The molecular formula is C24H32N2O6S. The lowest BCUT2D eigenvalue weighted by Crippen LogP contribution is -2.45. The van der Waals surface area contributed by atoms with E-state index in [4.69, 9.17) is 18.9 Å². The zero-order chi connectivity index (χ0) is 24.0. The molecule has 0 radical (unpaired) electrons. The summed E-state index contributed by atoms with van der Waals surface area (Å²) in [6, 6.07) is 4.85. The Kier molecular flexibility index (Phi) is 8.80. The number of aliphatic imine (C=N–C) groups is 1. The molecular weight excluding hydrogens is 444 g/mol. The van der Waals surface area contributed by atoms with Crippen molar-refractivity contribution in [1.29, 1.82) is 0 Å². The van der Waals surface area contributed by atoms with Gasteiger partial charge in [0.1, 0.15) is 6.61 Å². The molecule has 0 N–H and O–H groups in total. The fraction of sp³-hybridized carbons (Fsp3) is 0.542. The van der Waals surface area contributed by atoms with Gasteiger partial charge in [0.15, 0.2) is 16.7 Å². The summed E-state index contributed by atoms with van der Waals surface area (Å²) in [4.78, 5) is 32.2. The molecule has 1 amide bonds. The van der Waals surface area contributed by atoms with E-state index in [1.54, 1.807) is 26.0 Å². The monoisotopic (exact) mass is 476 g/mol. The van der Waals surface area contributed by atoms with Crippen LogP contribution in [0.1, 0.15) is 45.2 Å². The second-order valence-corrected chi connectivity index (χ2v) is 9.29. The zero-order valence-corrected chi connectivity index (χ0v) is 20.7. The first kappa shape index (κ1) is 25.1. The summed E-state index contributed by atoms with van der Waals surface area (Å²) in [7, 11) is 3.12. The highest BCUT2D eigenvalue weighted by atomic mass is 32.2. The number of carbonyl (C=O) groups excluding carboxylic acids is 2. The van der Waals surface area contributed by atoms with Crippen molar-refractivity contribution in [2.45, 2.75) is 39.7 Å². The molecule has 8 nitrogen and oxygen atoms in total. The zero-order valence-electron chi connectivity index (χ0n) is 19.9. The molecule has 0 saturated carbocycles. The predicted octanol–water partition coefficient (Wildman–Crippen LogP) is 3.96. The number of hydrogen-bond donors (Lipinski definition) is 0. The maximum atomic E-state index is 13.1. The van der Waals surface area contributed by atoms with Gasteiger partial charge in [0.2, 0.25) is 5.91 Å². The molecule has 1 atom stereocenters. The average Bonchev–Trinajstić information content (AvgIpc) is 2.78. The smallest absolute Gasteiger partial charge is 0.338 e. The number of thioether (sulfide) groups is 1. The molecule has 2 heterocycles. The molecule has 2 aliphatic heterocycles. The average molecular weight is 477 g/mol. The third kappa shape index (κ3) is 5.89. The maximum absolute atomic E-state index is 13.1. The summed E-state index contributed by atoms with van der Waals surface area (Å²) in [5.41, 5.74) is 1.60. The summed E-state index contributed by atoms with van der Waals surface area (Å²) >= 11 is 1.51. The minimum Gasteiger partial charge on any atom is -0.493 e. The molecule has 0 aliphatic carbocycles. The molecule has 33 heavy (non-hydrogen) atoms. The van der Waals surface area contributed by atoms with Gasteiger partial charge in [-0.25, -0.2) is 9.79 Å². The summed E-state index contributed by atoms with van der Waals surface area (Å²) in [5.74, 6) is 1.75. The Hall–Kier alpha value is -2.52. The van der Waals surface area contributed by atoms with Crippen LogP contribution in [0.2, 0.25) is 0 Å². The van der Waals surface area contributed by atoms with E-state index in [0.717, 1.165) is 12.0 Å². The van der Waals surface area contributed by atoms with Crippen molar-refractivity contribution in [2.24, 2.45) is 10.9 Å². The number of hydrogen-bond acceptors (Lipinski definition) is 8. The van der Waals surface area contributed by atoms with Gasteiger partial charge in [-0.2, -0.15) is 0 Å². The number of ether oxygens (including phenoxy) is 4. The second-order valence-electron chi connectivity index (χ2n) is 8.23. The van der Waals surface area contributed by atoms with Crippen molar-refractivity contribution in [2.75, 3.05) is 39.8 Å². The Morgan fingerprint density at radius 3 is 2.70 bits per heavy atom. The second kappa shape index (κ2) is 11.6. The Morgan fingerprint density at radius 1 is 1.21 bits per heavy atom.